The van der Waals surface area contributed by atoms with E-state index in [4.69, 9.17) is 4.74 Å². The van der Waals surface area contributed by atoms with Crippen LogP contribution in [0.4, 0.5) is 0 Å². The zero-order valence-electron chi connectivity index (χ0n) is 12.3. The number of methoxy groups -OCH3 is 1. The maximum atomic E-state index is 5.42. The molecule has 0 bridgehead atoms. The van der Waals surface area contributed by atoms with E-state index >= 15 is 0 Å². The van der Waals surface area contributed by atoms with E-state index in [1.54, 1.807) is 13.3 Å². The lowest BCUT2D eigenvalue weighted by atomic mass is 10.1. The summed E-state index contributed by atoms with van der Waals surface area (Å²) in [6.45, 7) is 2.92. The molecule has 0 amide bonds. The molecule has 2 aromatic rings. The highest BCUT2D eigenvalue weighted by atomic mass is 16.5. The van der Waals surface area contributed by atoms with Gasteiger partial charge in [0.1, 0.15) is 0 Å². The first-order chi connectivity index (χ1) is 9.80. The van der Waals surface area contributed by atoms with Gasteiger partial charge in [0.15, 0.2) is 5.75 Å². The first-order valence-corrected chi connectivity index (χ1v) is 6.97. The number of hydrogen-bond acceptors (Lipinski definition) is 4. The Morgan fingerprint density at radius 1 is 1.40 bits per heavy atom. The Bertz CT molecular complexity index is 502. The van der Waals surface area contributed by atoms with Crippen molar-refractivity contribution < 1.29 is 4.74 Å². The summed E-state index contributed by atoms with van der Waals surface area (Å²) in [5.41, 5.74) is 2.21. The van der Waals surface area contributed by atoms with Gasteiger partial charge in [0.05, 0.1) is 25.0 Å². The maximum Gasteiger partial charge on any atom is 0.161 e. The standard InChI is InChI=1S/C15H22N4O/c1-4-19-15(14(20-3)11-18-19)13(16-2)9-8-12-7-5-6-10-17-12/h5-7,10-11,13,16H,4,8-9H2,1-3H3. The molecule has 20 heavy (non-hydrogen) atoms. The predicted molar refractivity (Wildman–Crippen MR) is 78.8 cm³/mol. The topological polar surface area (TPSA) is 52.0 Å². The number of hydrogen-bond donors (Lipinski definition) is 1. The van der Waals surface area contributed by atoms with Crippen molar-refractivity contribution in [2.24, 2.45) is 0 Å². The third kappa shape index (κ3) is 3.17. The molecule has 5 nitrogen and oxygen atoms in total. The van der Waals surface area contributed by atoms with Crippen molar-refractivity contribution in [2.45, 2.75) is 32.4 Å². The largest absolute Gasteiger partial charge is 0.493 e. The molecule has 0 aliphatic heterocycles. The average Bonchev–Trinajstić information content (AvgIpc) is 2.92. The maximum absolute atomic E-state index is 5.42. The summed E-state index contributed by atoms with van der Waals surface area (Å²) in [7, 11) is 3.65. The summed E-state index contributed by atoms with van der Waals surface area (Å²) in [4.78, 5) is 4.37. The Kier molecular flexibility index (Phi) is 5.12. The predicted octanol–water partition coefficient (Wildman–Crippen LogP) is 2.20. The van der Waals surface area contributed by atoms with Crippen LogP contribution in [0.1, 0.15) is 30.8 Å². The van der Waals surface area contributed by atoms with Gasteiger partial charge < -0.3 is 10.1 Å². The molecule has 1 N–H and O–H groups in total. The van der Waals surface area contributed by atoms with E-state index in [0.717, 1.165) is 36.5 Å². The molecule has 0 aliphatic rings. The third-order valence-corrected chi connectivity index (χ3v) is 3.46. The molecular weight excluding hydrogens is 252 g/mol. The van der Waals surface area contributed by atoms with E-state index in [9.17, 15) is 0 Å². The Morgan fingerprint density at radius 2 is 2.25 bits per heavy atom. The van der Waals surface area contributed by atoms with Crippen molar-refractivity contribution in [1.82, 2.24) is 20.1 Å². The van der Waals surface area contributed by atoms with E-state index in [1.165, 1.54) is 0 Å². The van der Waals surface area contributed by atoms with Crippen LogP contribution in [-0.2, 0) is 13.0 Å². The van der Waals surface area contributed by atoms with Crippen LogP contribution in [-0.4, -0.2) is 28.9 Å². The Hall–Kier alpha value is -1.88. The zero-order chi connectivity index (χ0) is 14.4. The molecular formula is C15H22N4O. The van der Waals surface area contributed by atoms with Crippen molar-refractivity contribution in [3.8, 4) is 5.75 Å². The van der Waals surface area contributed by atoms with Crippen molar-refractivity contribution in [1.29, 1.82) is 0 Å². The summed E-state index contributed by atoms with van der Waals surface area (Å²) >= 11 is 0. The van der Waals surface area contributed by atoms with Gasteiger partial charge in [-0.25, -0.2) is 0 Å². The monoisotopic (exact) mass is 274 g/mol. The summed E-state index contributed by atoms with van der Waals surface area (Å²) in [5, 5.41) is 7.72. The lowest BCUT2D eigenvalue weighted by Crippen LogP contribution is -2.21. The molecule has 0 spiro atoms. The first kappa shape index (κ1) is 14.5. The van der Waals surface area contributed by atoms with Crippen LogP contribution in [0.15, 0.2) is 30.6 Å². The zero-order valence-corrected chi connectivity index (χ0v) is 12.3. The molecule has 1 unspecified atom stereocenters. The summed E-state index contributed by atoms with van der Waals surface area (Å²) in [6.07, 6.45) is 5.49. The molecule has 2 aromatic heterocycles. The fraction of sp³-hybridized carbons (Fsp3) is 0.467. The molecule has 0 radical (unpaired) electrons. The van der Waals surface area contributed by atoms with E-state index in [2.05, 4.69) is 28.4 Å². The Morgan fingerprint density at radius 3 is 2.85 bits per heavy atom. The molecule has 1 atom stereocenters. The van der Waals surface area contributed by atoms with Gasteiger partial charge in [0.2, 0.25) is 0 Å². The van der Waals surface area contributed by atoms with E-state index in [-0.39, 0.29) is 6.04 Å². The number of ether oxygens (including phenoxy) is 1. The van der Waals surface area contributed by atoms with Gasteiger partial charge in [-0.15, -0.1) is 0 Å². The molecule has 0 aromatic carbocycles. The quantitative estimate of drug-likeness (QED) is 0.841. The first-order valence-electron chi connectivity index (χ1n) is 6.97. The molecule has 2 heterocycles. The van der Waals surface area contributed by atoms with E-state index in [1.807, 2.05) is 30.1 Å². The number of nitrogens with zero attached hydrogens (tertiary/aromatic N) is 3. The fourth-order valence-electron chi connectivity index (χ4n) is 2.39. The van der Waals surface area contributed by atoms with Gasteiger partial charge in [-0.1, -0.05) is 6.07 Å². The van der Waals surface area contributed by atoms with Crippen molar-refractivity contribution in [2.75, 3.05) is 14.2 Å². The van der Waals surface area contributed by atoms with Crippen LogP contribution in [0.3, 0.4) is 0 Å². The van der Waals surface area contributed by atoms with Crippen LogP contribution in [0.5, 0.6) is 5.75 Å². The summed E-state index contributed by atoms with van der Waals surface area (Å²) < 4.78 is 7.41. The second kappa shape index (κ2) is 7.05. The highest BCUT2D eigenvalue weighted by Gasteiger charge is 2.20. The number of pyridine rings is 1. The smallest absolute Gasteiger partial charge is 0.161 e. The second-order valence-electron chi connectivity index (χ2n) is 4.61. The molecule has 0 saturated heterocycles. The lowest BCUT2D eigenvalue weighted by molar-refractivity contribution is 0.391. The van der Waals surface area contributed by atoms with Gasteiger partial charge in [-0.05, 0) is 38.9 Å². The van der Waals surface area contributed by atoms with Crippen molar-refractivity contribution in [3.63, 3.8) is 0 Å². The van der Waals surface area contributed by atoms with Crippen LogP contribution >= 0.6 is 0 Å². The SMILES string of the molecule is CCn1ncc(OC)c1C(CCc1ccccn1)NC. The van der Waals surface area contributed by atoms with E-state index < -0.39 is 0 Å². The minimum Gasteiger partial charge on any atom is -0.493 e. The van der Waals surface area contributed by atoms with Gasteiger partial charge in [0.25, 0.3) is 0 Å². The Balaban J connectivity index is 2.13. The fourth-order valence-corrected chi connectivity index (χ4v) is 2.39. The minimum absolute atomic E-state index is 0.203. The molecule has 0 saturated carbocycles. The van der Waals surface area contributed by atoms with Crippen LogP contribution in [0, 0.1) is 0 Å². The molecule has 2 rings (SSSR count). The molecule has 108 valence electrons. The number of aromatic nitrogens is 3. The Labute approximate surface area is 120 Å². The van der Waals surface area contributed by atoms with Crippen LogP contribution in [0.2, 0.25) is 0 Å². The highest BCUT2D eigenvalue weighted by molar-refractivity contribution is 5.28. The lowest BCUT2D eigenvalue weighted by Gasteiger charge is -2.18. The average molecular weight is 274 g/mol. The van der Waals surface area contributed by atoms with Crippen molar-refractivity contribution in [3.05, 3.63) is 42.0 Å². The van der Waals surface area contributed by atoms with E-state index in [0.29, 0.717) is 0 Å². The van der Waals surface area contributed by atoms with Gasteiger partial charge in [0, 0.05) is 18.4 Å². The number of aryl methyl sites for hydroxylation is 2. The molecule has 0 aliphatic carbocycles. The van der Waals surface area contributed by atoms with Crippen LogP contribution in [0.25, 0.3) is 0 Å². The summed E-state index contributed by atoms with van der Waals surface area (Å²) in [5.74, 6) is 0.840. The number of nitrogens with one attached hydrogen (secondary N) is 1. The second-order valence-corrected chi connectivity index (χ2v) is 4.61. The van der Waals surface area contributed by atoms with Gasteiger partial charge in [-0.3, -0.25) is 9.67 Å². The molecule has 0 fully saturated rings. The van der Waals surface area contributed by atoms with Gasteiger partial charge >= 0.3 is 0 Å². The van der Waals surface area contributed by atoms with Crippen molar-refractivity contribution >= 4 is 0 Å². The third-order valence-electron chi connectivity index (χ3n) is 3.46. The normalized spacial score (nSPS) is 12.3. The van der Waals surface area contributed by atoms with Gasteiger partial charge in [-0.2, -0.15) is 5.10 Å². The molecule has 5 heteroatoms. The number of rotatable bonds is 7. The highest BCUT2D eigenvalue weighted by Crippen LogP contribution is 2.27. The van der Waals surface area contributed by atoms with Crippen LogP contribution < -0.4 is 10.1 Å². The minimum atomic E-state index is 0.203. The summed E-state index contributed by atoms with van der Waals surface area (Å²) in [6, 6.07) is 6.22.